The highest BCUT2D eigenvalue weighted by atomic mass is 32.1. The number of guanidine groups is 1. The molecule has 21 heavy (non-hydrogen) atoms. The van der Waals surface area contributed by atoms with Crippen LogP contribution in [0.25, 0.3) is 0 Å². The van der Waals surface area contributed by atoms with E-state index in [0.29, 0.717) is 0 Å². The van der Waals surface area contributed by atoms with Crippen LogP contribution in [0.2, 0.25) is 0 Å². The van der Waals surface area contributed by atoms with Crippen molar-refractivity contribution in [1.82, 2.24) is 15.6 Å². The minimum atomic E-state index is 0.753. The Morgan fingerprint density at radius 3 is 2.57 bits per heavy atom. The van der Waals surface area contributed by atoms with Gasteiger partial charge in [-0.25, -0.2) is 4.98 Å². The van der Waals surface area contributed by atoms with E-state index in [1.165, 1.54) is 49.8 Å². The number of aliphatic imine (C=N–C) groups is 1. The lowest BCUT2D eigenvalue weighted by atomic mass is 9.91. The second-order valence-corrected chi connectivity index (χ2v) is 7.20. The Labute approximate surface area is 132 Å². The van der Waals surface area contributed by atoms with Crippen LogP contribution in [0.4, 0.5) is 0 Å². The van der Waals surface area contributed by atoms with E-state index in [-0.39, 0.29) is 0 Å². The molecule has 0 bridgehead atoms. The minimum absolute atomic E-state index is 0.753. The smallest absolute Gasteiger partial charge is 0.191 e. The van der Waals surface area contributed by atoms with Crippen molar-refractivity contribution >= 4 is 17.3 Å². The van der Waals surface area contributed by atoms with Crippen molar-refractivity contribution in [3.05, 3.63) is 16.1 Å². The molecule has 0 aliphatic heterocycles. The molecule has 118 valence electrons. The standard InChI is InChI=1S/C16H28N4S/c1-13-10-18-15(21-13)12-20-16(17-2)19-11-14-8-6-4-3-5-7-9-14/h10,14H,3-9,11-12H2,1-2H3,(H2,17,19,20). The maximum absolute atomic E-state index is 4.37. The monoisotopic (exact) mass is 308 g/mol. The first-order chi connectivity index (χ1) is 10.3. The Kier molecular flexibility index (Phi) is 7.00. The molecule has 4 nitrogen and oxygen atoms in total. The third-order valence-corrected chi connectivity index (χ3v) is 5.00. The summed E-state index contributed by atoms with van der Waals surface area (Å²) in [5.41, 5.74) is 0. The Morgan fingerprint density at radius 2 is 1.95 bits per heavy atom. The summed E-state index contributed by atoms with van der Waals surface area (Å²) in [7, 11) is 1.83. The maximum Gasteiger partial charge on any atom is 0.191 e. The Balaban J connectivity index is 1.71. The molecule has 5 heteroatoms. The van der Waals surface area contributed by atoms with Gasteiger partial charge in [-0.2, -0.15) is 0 Å². The van der Waals surface area contributed by atoms with Gasteiger partial charge < -0.3 is 10.6 Å². The van der Waals surface area contributed by atoms with Gasteiger partial charge in [0.25, 0.3) is 0 Å². The van der Waals surface area contributed by atoms with Crippen molar-refractivity contribution in [1.29, 1.82) is 0 Å². The predicted octanol–water partition coefficient (Wildman–Crippen LogP) is 3.48. The molecule has 0 atom stereocenters. The molecular weight excluding hydrogens is 280 g/mol. The third kappa shape index (κ3) is 6.04. The van der Waals surface area contributed by atoms with E-state index in [2.05, 4.69) is 27.5 Å². The molecule has 0 saturated heterocycles. The summed E-state index contributed by atoms with van der Waals surface area (Å²) in [5.74, 6) is 1.69. The lowest BCUT2D eigenvalue weighted by molar-refractivity contribution is 0.375. The summed E-state index contributed by atoms with van der Waals surface area (Å²) in [6.07, 6.45) is 11.7. The largest absolute Gasteiger partial charge is 0.356 e. The normalized spacial score (nSPS) is 18.1. The summed E-state index contributed by atoms with van der Waals surface area (Å²) < 4.78 is 0. The van der Waals surface area contributed by atoms with Crippen molar-refractivity contribution in [3.8, 4) is 0 Å². The van der Waals surface area contributed by atoms with Gasteiger partial charge in [-0.15, -0.1) is 11.3 Å². The van der Waals surface area contributed by atoms with Crippen molar-refractivity contribution < 1.29 is 0 Å². The zero-order valence-electron chi connectivity index (χ0n) is 13.3. The zero-order chi connectivity index (χ0) is 14.9. The van der Waals surface area contributed by atoms with E-state index in [1.54, 1.807) is 11.3 Å². The number of hydrogen-bond donors (Lipinski definition) is 2. The third-order valence-electron chi connectivity index (χ3n) is 4.08. The first kappa shape index (κ1) is 16.3. The molecule has 0 amide bonds. The number of thiazole rings is 1. The molecule has 1 heterocycles. The van der Waals surface area contributed by atoms with Crippen LogP contribution >= 0.6 is 11.3 Å². The Bertz CT molecular complexity index is 433. The van der Waals surface area contributed by atoms with Crippen LogP contribution in [0.1, 0.15) is 54.8 Å². The maximum atomic E-state index is 4.37. The highest BCUT2D eigenvalue weighted by Crippen LogP contribution is 2.21. The highest BCUT2D eigenvalue weighted by Gasteiger charge is 2.12. The molecule has 1 aromatic heterocycles. The molecule has 1 saturated carbocycles. The SMILES string of the molecule is CN=C(NCc1ncc(C)s1)NCC1CCCCCCC1. The molecule has 1 aliphatic carbocycles. The van der Waals surface area contributed by atoms with Crippen molar-refractivity contribution in [3.63, 3.8) is 0 Å². The first-order valence-corrected chi connectivity index (χ1v) is 8.95. The van der Waals surface area contributed by atoms with Crippen LogP contribution < -0.4 is 10.6 Å². The van der Waals surface area contributed by atoms with Crippen LogP contribution in [0, 0.1) is 12.8 Å². The lowest BCUT2D eigenvalue weighted by Gasteiger charge is -2.21. The number of rotatable bonds is 4. The summed E-state index contributed by atoms with van der Waals surface area (Å²) in [6, 6.07) is 0. The molecule has 1 fully saturated rings. The summed E-state index contributed by atoms with van der Waals surface area (Å²) in [4.78, 5) is 9.93. The van der Waals surface area contributed by atoms with Gasteiger partial charge in [0.1, 0.15) is 5.01 Å². The summed E-state index contributed by atoms with van der Waals surface area (Å²) in [6.45, 7) is 3.88. The van der Waals surface area contributed by atoms with Crippen molar-refractivity contribution in [2.45, 2.75) is 58.4 Å². The van der Waals surface area contributed by atoms with E-state index >= 15 is 0 Å². The van der Waals surface area contributed by atoms with E-state index < -0.39 is 0 Å². The fourth-order valence-corrected chi connectivity index (χ4v) is 3.58. The predicted molar refractivity (Wildman–Crippen MR) is 90.9 cm³/mol. The van der Waals surface area contributed by atoms with E-state index in [0.717, 1.165) is 30.0 Å². The van der Waals surface area contributed by atoms with Crippen LogP contribution in [0.5, 0.6) is 0 Å². The molecule has 2 N–H and O–H groups in total. The van der Waals surface area contributed by atoms with Crippen LogP contribution in [0.3, 0.4) is 0 Å². The average Bonchev–Trinajstić information content (AvgIpc) is 2.86. The number of nitrogens with one attached hydrogen (secondary N) is 2. The molecule has 2 rings (SSSR count). The van der Waals surface area contributed by atoms with Gasteiger partial charge in [-0.3, -0.25) is 4.99 Å². The molecule has 0 unspecified atom stereocenters. The zero-order valence-corrected chi connectivity index (χ0v) is 14.1. The first-order valence-electron chi connectivity index (χ1n) is 8.13. The number of aryl methyl sites for hydroxylation is 1. The van der Waals surface area contributed by atoms with Gasteiger partial charge in [-0.05, 0) is 25.7 Å². The fourth-order valence-electron chi connectivity index (χ4n) is 2.85. The lowest BCUT2D eigenvalue weighted by Crippen LogP contribution is -2.39. The van der Waals surface area contributed by atoms with Crippen LogP contribution in [0.15, 0.2) is 11.2 Å². The van der Waals surface area contributed by atoms with E-state index in [1.807, 2.05) is 13.2 Å². The quantitative estimate of drug-likeness (QED) is 0.661. The highest BCUT2D eigenvalue weighted by molar-refractivity contribution is 7.11. The van der Waals surface area contributed by atoms with Gasteiger partial charge in [0.05, 0.1) is 6.54 Å². The topological polar surface area (TPSA) is 49.3 Å². The molecule has 0 aromatic carbocycles. The molecule has 1 aromatic rings. The second kappa shape index (κ2) is 9.03. The van der Waals surface area contributed by atoms with E-state index in [9.17, 15) is 0 Å². The summed E-state index contributed by atoms with van der Waals surface area (Å²) >= 11 is 1.74. The van der Waals surface area contributed by atoms with E-state index in [4.69, 9.17) is 0 Å². The van der Waals surface area contributed by atoms with Gasteiger partial charge in [0.15, 0.2) is 5.96 Å². The van der Waals surface area contributed by atoms with Gasteiger partial charge >= 0.3 is 0 Å². The van der Waals surface area contributed by atoms with Gasteiger partial charge in [-0.1, -0.05) is 32.1 Å². The molecule has 1 aliphatic rings. The number of aromatic nitrogens is 1. The Morgan fingerprint density at radius 1 is 1.24 bits per heavy atom. The average molecular weight is 308 g/mol. The Hall–Kier alpha value is -1.10. The van der Waals surface area contributed by atoms with Crippen molar-refractivity contribution in [2.75, 3.05) is 13.6 Å². The summed E-state index contributed by atoms with van der Waals surface area (Å²) in [5, 5.41) is 7.95. The number of nitrogens with zero attached hydrogens (tertiary/aromatic N) is 2. The van der Waals surface area contributed by atoms with Crippen LogP contribution in [-0.4, -0.2) is 24.5 Å². The second-order valence-electron chi connectivity index (χ2n) is 5.88. The molecule has 0 spiro atoms. The van der Waals surface area contributed by atoms with Gasteiger partial charge in [0.2, 0.25) is 0 Å². The molecular formula is C16H28N4S. The molecule has 0 radical (unpaired) electrons. The van der Waals surface area contributed by atoms with Crippen molar-refractivity contribution in [2.24, 2.45) is 10.9 Å². The van der Waals surface area contributed by atoms with Crippen LogP contribution in [-0.2, 0) is 6.54 Å². The fraction of sp³-hybridized carbons (Fsp3) is 0.750. The number of hydrogen-bond acceptors (Lipinski definition) is 3. The minimum Gasteiger partial charge on any atom is -0.356 e. The van der Waals surface area contributed by atoms with Gasteiger partial charge in [0, 0.05) is 24.7 Å².